The van der Waals surface area contributed by atoms with Crippen LogP contribution in [0.2, 0.25) is 0 Å². The van der Waals surface area contributed by atoms with E-state index in [0.29, 0.717) is 23.5 Å². The first kappa shape index (κ1) is 19.9. The van der Waals surface area contributed by atoms with Gasteiger partial charge in [0.1, 0.15) is 5.60 Å². The fourth-order valence-electron chi connectivity index (χ4n) is 3.18. The Morgan fingerprint density at radius 3 is 2.74 bits per heavy atom. The maximum absolute atomic E-state index is 13.3. The number of halogens is 2. The smallest absolute Gasteiger partial charge is 0.407 e. The molecule has 1 saturated carbocycles. The van der Waals surface area contributed by atoms with Gasteiger partial charge < -0.3 is 19.5 Å². The molecule has 0 spiro atoms. The third kappa shape index (κ3) is 4.72. The maximum Gasteiger partial charge on any atom is 0.407 e. The zero-order valence-corrected chi connectivity index (χ0v) is 17.4. The number of amides is 2. The van der Waals surface area contributed by atoms with Crippen LogP contribution in [0, 0.1) is 0 Å². The van der Waals surface area contributed by atoms with Gasteiger partial charge in [-0.3, -0.25) is 4.79 Å². The van der Waals surface area contributed by atoms with Gasteiger partial charge >= 0.3 is 6.09 Å². The Labute approximate surface area is 166 Å². The third-order valence-electron chi connectivity index (χ3n) is 4.58. The monoisotopic (exact) mass is 441 g/mol. The Kier molecular flexibility index (Phi) is 5.65. The molecule has 1 aromatic heterocycles. The van der Waals surface area contributed by atoms with Gasteiger partial charge in [0.2, 0.25) is 0 Å². The average Bonchev–Trinajstić information content (AvgIpc) is 3.36. The maximum atomic E-state index is 13.3. The number of fused-ring (bicyclic) bond motifs is 1. The first-order valence-corrected chi connectivity index (χ1v) is 9.92. The fraction of sp³-hybridized carbons (Fsp3) is 0.579. The van der Waals surface area contributed by atoms with Gasteiger partial charge in [-0.15, -0.1) is 0 Å². The average molecular weight is 442 g/mol. The predicted octanol–water partition coefficient (Wildman–Crippen LogP) is 3.79. The van der Waals surface area contributed by atoms with E-state index in [0.717, 1.165) is 36.0 Å². The number of carbonyl (C=O) groups excluding carboxylic acids is 2. The Bertz CT molecular complexity index is 778. The van der Waals surface area contributed by atoms with Crippen LogP contribution in [0.25, 0.3) is 0 Å². The summed E-state index contributed by atoms with van der Waals surface area (Å²) in [5.74, 6) is 0.0517. The zero-order chi connectivity index (χ0) is 19.8. The van der Waals surface area contributed by atoms with Crippen molar-refractivity contribution in [3.05, 3.63) is 33.8 Å². The normalized spacial score (nSPS) is 17.7. The first-order valence-electron chi connectivity index (χ1n) is 9.13. The van der Waals surface area contributed by atoms with Crippen molar-refractivity contribution in [1.29, 1.82) is 0 Å². The number of nitrogens with one attached hydrogen (secondary N) is 1. The molecule has 0 atom stereocenters. The Morgan fingerprint density at radius 2 is 2.15 bits per heavy atom. The molecule has 0 unspecified atom stereocenters. The number of alkyl carbamates (subject to hydrolysis) is 1. The van der Waals surface area contributed by atoms with Gasteiger partial charge in [-0.25, -0.2) is 9.18 Å². The van der Waals surface area contributed by atoms with Crippen LogP contribution in [-0.2, 0) is 17.7 Å². The van der Waals surface area contributed by atoms with Crippen LogP contribution >= 0.6 is 15.9 Å². The second kappa shape index (κ2) is 7.66. The van der Waals surface area contributed by atoms with E-state index < -0.39 is 11.7 Å². The summed E-state index contributed by atoms with van der Waals surface area (Å²) in [6, 6.07) is 0.382. The standard InChI is InChI=1S/C19H25BrFN3O3/c1-19(2,3)27-18(26)22-9-12(8-21)10-23-11-15-14(16(23)20)6-7-24(17(15)25)13-4-5-13/h8,11,13H,4-7,9-10H2,1-3H3,(H,22,26). The molecule has 1 fully saturated rings. The van der Waals surface area contributed by atoms with Crippen molar-refractivity contribution in [3.63, 3.8) is 0 Å². The molecule has 1 N–H and O–H groups in total. The molecule has 0 radical (unpaired) electrons. The van der Waals surface area contributed by atoms with Crippen molar-refractivity contribution in [3.8, 4) is 0 Å². The van der Waals surface area contributed by atoms with E-state index in [1.54, 1.807) is 31.5 Å². The highest BCUT2D eigenvalue weighted by atomic mass is 79.9. The molecular formula is C19H25BrFN3O3. The fourth-order valence-corrected chi connectivity index (χ4v) is 3.82. The van der Waals surface area contributed by atoms with E-state index in [-0.39, 0.29) is 19.0 Å². The van der Waals surface area contributed by atoms with Crippen LogP contribution < -0.4 is 5.32 Å². The van der Waals surface area contributed by atoms with Gasteiger partial charge in [0.15, 0.2) is 0 Å². The van der Waals surface area contributed by atoms with Crippen LogP contribution in [0.15, 0.2) is 22.7 Å². The van der Waals surface area contributed by atoms with E-state index >= 15 is 0 Å². The molecule has 1 aliphatic carbocycles. The molecule has 2 amide bonds. The summed E-state index contributed by atoms with van der Waals surface area (Å²) in [7, 11) is 0. The van der Waals surface area contributed by atoms with Crippen molar-refractivity contribution in [1.82, 2.24) is 14.8 Å². The van der Waals surface area contributed by atoms with Crippen molar-refractivity contribution in [2.45, 2.75) is 58.2 Å². The van der Waals surface area contributed by atoms with Crippen LogP contribution in [-0.4, -0.2) is 46.2 Å². The Balaban J connectivity index is 1.65. The van der Waals surface area contributed by atoms with Crippen LogP contribution in [0.3, 0.4) is 0 Å². The second-order valence-electron chi connectivity index (χ2n) is 8.04. The lowest BCUT2D eigenvalue weighted by Crippen LogP contribution is -2.38. The van der Waals surface area contributed by atoms with Gasteiger partial charge in [0.05, 0.1) is 16.5 Å². The lowest BCUT2D eigenvalue weighted by molar-refractivity contribution is 0.0531. The van der Waals surface area contributed by atoms with Gasteiger partial charge in [-0.05, 0) is 67.1 Å². The summed E-state index contributed by atoms with van der Waals surface area (Å²) in [6.07, 6.45) is 4.61. The van der Waals surface area contributed by atoms with E-state index in [2.05, 4.69) is 21.2 Å². The highest BCUT2D eigenvalue weighted by Gasteiger charge is 2.37. The molecule has 2 heterocycles. The molecular weight excluding hydrogens is 417 g/mol. The largest absolute Gasteiger partial charge is 0.444 e. The summed E-state index contributed by atoms with van der Waals surface area (Å²) < 4.78 is 21.1. The molecule has 0 saturated heterocycles. The minimum atomic E-state index is -0.611. The molecule has 27 heavy (non-hydrogen) atoms. The number of rotatable bonds is 5. The molecule has 8 heteroatoms. The number of ether oxygens (including phenoxy) is 1. The molecule has 2 aliphatic rings. The van der Waals surface area contributed by atoms with Crippen molar-refractivity contribution >= 4 is 27.9 Å². The summed E-state index contributed by atoms with van der Waals surface area (Å²) in [5.41, 5.74) is 1.41. The van der Waals surface area contributed by atoms with E-state index in [9.17, 15) is 14.0 Å². The summed E-state index contributed by atoms with van der Waals surface area (Å²) >= 11 is 3.55. The van der Waals surface area contributed by atoms with Gasteiger partial charge in [0.25, 0.3) is 5.91 Å². The quantitative estimate of drug-likeness (QED) is 0.755. The Morgan fingerprint density at radius 1 is 1.44 bits per heavy atom. The van der Waals surface area contributed by atoms with E-state index in [1.165, 1.54) is 0 Å². The van der Waals surface area contributed by atoms with Crippen molar-refractivity contribution < 1.29 is 18.7 Å². The molecule has 0 aromatic carbocycles. The first-order chi connectivity index (χ1) is 12.7. The summed E-state index contributed by atoms with van der Waals surface area (Å²) in [6.45, 7) is 6.29. The van der Waals surface area contributed by atoms with Crippen molar-refractivity contribution in [2.24, 2.45) is 0 Å². The number of aromatic nitrogens is 1. The van der Waals surface area contributed by atoms with Crippen LogP contribution in [0.1, 0.15) is 49.5 Å². The topological polar surface area (TPSA) is 63.6 Å². The van der Waals surface area contributed by atoms with E-state index in [1.807, 2.05) is 4.90 Å². The van der Waals surface area contributed by atoms with Gasteiger partial charge in [0, 0.05) is 31.9 Å². The molecule has 3 rings (SSSR count). The SMILES string of the molecule is CC(C)(C)OC(=O)NCC(=CF)Cn1cc2c(c1Br)CCN(C1CC1)C2=O. The lowest BCUT2D eigenvalue weighted by atomic mass is 10.0. The Hall–Kier alpha value is -1.83. The zero-order valence-electron chi connectivity index (χ0n) is 15.8. The molecule has 6 nitrogen and oxygen atoms in total. The predicted molar refractivity (Wildman–Crippen MR) is 103 cm³/mol. The highest BCUT2D eigenvalue weighted by Crippen LogP contribution is 2.35. The number of nitrogens with zero attached hydrogens (tertiary/aromatic N) is 2. The van der Waals surface area contributed by atoms with Gasteiger partial charge in [-0.2, -0.15) is 0 Å². The molecule has 148 valence electrons. The summed E-state index contributed by atoms with van der Waals surface area (Å²) in [4.78, 5) is 26.4. The molecule has 0 bridgehead atoms. The number of carbonyl (C=O) groups is 2. The lowest BCUT2D eigenvalue weighted by Gasteiger charge is -2.26. The highest BCUT2D eigenvalue weighted by molar-refractivity contribution is 9.10. The molecule has 1 aromatic rings. The number of hydrogen-bond acceptors (Lipinski definition) is 3. The van der Waals surface area contributed by atoms with E-state index in [4.69, 9.17) is 4.74 Å². The van der Waals surface area contributed by atoms with Crippen LogP contribution in [0.5, 0.6) is 0 Å². The van der Waals surface area contributed by atoms with Crippen LogP contribution in [0.4, 0.5) is 9.18 Å². The van der Waals surface area contributed by atoms with Gasteiger partial charge in [-0.1, -0.05) is 0 Å². The second-order valence-corrected chi connectivity index (χ2v) is 8.79. The minimum Gasteiger partial charge on any atom is -0.444 e. The molecule has 1 aliphatic heterocycles. The number of hydrogen-bond donors (Lipinski definition) is 1. The summed E-state index contributed by atoms with van der Waals surface area (Å²) in [5, 5.41) is 2.56. The van der Waals surface area contributed by atoms with Crippen molar-refractivity contribution in [2.75, 3.05) is 13.1 Å². The minimum absolute atomic E-state index is 0.0306. The third-order valence-corrected chi connectivity index (χ3v) is 5.51.